The number of piperidine rings is 1. The lowest BCUT2D eigenvalue weighted by molar-refractivity contribution is -0.165. The van der Waals surface area contributed by atoms with Gasteiger partial charge < -0.3 is 14.7 Å². The number of carbonyl (C=O) groups is 1. The molecule has 0 radical (unpaired) electrons. The van der Waals surface area contributed by atoms with Crippen molar-refractivity contribution in [1.29, 1.82) is 0 Å². The molecule has 27 heavy (non-hydrogen) atoms. The number of aromatic nitrogens is 2. The fraction of sp³-hybridized carbons (Fsp3) is 0.579. The maximum atomic E-state index is 15.2. The normalized spacial score (nSPS) is 19.0. The summed E-state index contributed by atoms with van der Waals surface area (Å²) in [6.45, 7) is 0.459. The molecule has 0 saturated carbocycles. The molecule has 1 unspecified atom stereocenters. The first kappa shape index (κ1) is 18.3. The Hall–Kier alpha value is -2.06. The summed E-state index contributed by atoms with van der Waals surface area (Å²) in [5.41, 5.74) is 2.60. The van der Waals surface area contributed by atoms with Crippen molar-refractivity contribution in [3.63, 3.8) is 0 Å². The second-order valence-electron chi connectivity index (χ2n) is 7.43. The number of ether oxygens (including phenoxy) is 1. The number of alkyl halides is 2. The number of likely N-dealkylation sites (tertiary alicyclic amines) is 1. The van der Waals surface area contributed by atoms with Gasteiger partial charge in [-0.1, -0.05) is 0 Å². The Morgan fingerprint density at radius 3 is 2.81 bits per heavy atom. The lowest BCUT2D eigenvalue weighted by Gasteiger charge is -2.38. The van der Waals surface area contributed by atoms with Crippen LogP contribution in [0.25, 0.3) is 10.9 Å². The topological polar surface area (TPSA) is 78.4 Å². The smallest absolute Gasteiger partial charge is 0.280 e. The van der Waals surface area contributed by atoms with E-state index in [9.17, 15) is 9.90 Å². The summed E-state index contributed by atoms with van der Waals surface area (Å²) in [4.78, 5) is 13.4. The number of nitrogens with zero attached hydrogens (tertiary/aromatic N) is 2. The molecule has 1 aliphatic heterocycles. The van der Waals surface area contributed by atoms with Crippen LogP contribution in [0.5, 0.6) is 0 Å². The Labute approximate surface area is 155 Å². The van der Waals surface area contributed by atoms with Crippen molar-refractivity contribution in [3.05, 3.63) is 29.0 Å². The largest absolute Gasteiger partial charge is 0.382 e. The van der Waals surface area contributed by atoms with Crippen LogP contribution >= 0.6 is 0 Å². The molecule has 2 N–H and O–H groups in total. The van der Waals surface area contributed by atoms with Crippen molar-refractivity contribution in [2.45, 2.75) is 37.7 Å². The highest BCUT2D eigenvalue weighted by atomic mass is 19.3. The molecule has 4 rings (SSSR count). The molecule has 146 valence electrons. The molecule has 1 fully saturated rings. The summed E-state index contributed by atoms with van der Waals surface area (Å²) in [7, 11) is 1.43. The van der Waals surface area contributed by atoms with Crippen LogP contribution in [0.1, 0.15) is 35.6 Å². The number of halogens is 2. The fourth-order valence-electron chi connectivity index (χ4n) is 4.27. The molecule has 1 atom stereocenters. The van der Waals surface area contributed by atoms with Gasteiger partial charge in [0.2, 0.25) is 5.91 Å². The summed E-state index contributed by atoms with van der Waals surface area (Å²) in [5.74, 6) is -4.45. The molecule has 2 aromatic rings. The summed E-state index contributed by atoms with van der Waals surface area (Å²) < 4.78 is 35.3. The summed E-state index contributed by atoms with van der Waals surface area (Å²) >= 11 is 0. The van der Waals surface area contributed by atoms with E-state index in [2.05, 4.69) is 10.2 Å². The van der Waals surface area contributed by atoms with Crippen LogP contribution in [0.3, 0.4) is 0 Å². The second kappa shape index (κ2) is 6.83. The molecule has 6 nitrogen and oxygen atoms in total. The minimum atomic E-state index is -3.28. The lowest BCUT2D eigenvalue weighted by Crippen LogP contribution is -2.46. The summed E-state index contributed by atoms with van der Waals surface area (Å²) in [6.07, 6.45) is 1.55. The molecule has 1 aromatic carbocycles. The molecular formula is C19H23F2N3O3. The number of benzene rings is 1. The molecular weight excluding hydrogens is 356 g/mol. The number of methoxy groups -OCH3 is 1. The number of H-pyrrole nitrogens is 1. The Morgan fingerprint density at radius 2 is 2.19 bits per heavy atom. The minimum Gasteiger partial charge on any atom is -0.382 e. The predicted octanol–water partition coefficient (Wildman–Crippen LogP) is 2.22. The second-order valence-corrected chi connectivity index (χ2v) is 7.43. The van der Waals surface area contributed by atoms with Crippen LogP contribution in [0.15, 0.2) is 12.3 Å². The van der Waals surface area contributed by atoms with Gasteiger partial charge in [0.05, 0.1) is 11.7 Å². The van der Waals surface area contributed by atoms with Gasteiger partial charge >= 0.3 is 0 Å². The number of amides is 1. The zero-order valence-electron chi connectivity index (χ0n) is 15.2. The van der Waals surface area contributed by atoms with Crippen LogP contribution in [0.2, 0.25) is 0 Å². The average molecular weight is 379 g/mol. The van der Waals surface area contributed by atoms with Gasteiger partial charge in [-0.3, -0.25) is 9.89 Å². The number of carbonyl (C=O) groups excluding carboxylic acids is 1. The van der Waals surface area contributed by atoms with Gasteiger partial charge in [0.1, 0.15) is 12.7 Å². The van der Waals surface area contributed by atoms with E-state index >= 15 is 8.78 Å². The van der Waals surface area contributed by atoms with Gasteiger partial charge in [-0.15, -0.1) is 0 Å². The molecule has 0 bridgehead atoms. The van der Waals surface area contributed by atoms with E-state index in [0.717, 1.165) is 22.9 Å². The first-order chi connectivity index (χ1) is 12.9. The highest BCUT2D eigenvalue weighted by Crippen LogP contribution is 2.46. The number of fused-ring (bicyclic) bond motifs is 2. The van der Waals surface area contributed by atoms with Crippen LogP contribution in [0.4, 0.5) is 8.78 Å². The zero-order valence-corrected chi connectivity index (χ0v) is 15.2. The summed E-state index contributed by atoms with van der Waals surface area (Å²) in [5, 5.41) is 18.2. The average Bonchev–Trinajstić information content (AvgIpc) is 3.11. The Balaban J connectivity index is 1.56. The number of nitrogens with one attached hydrogen (secondary N) is 1. The van der Waals surface area contributed by atoms with E-state index in [-0.39, 0.29) is 44.0 Å². The third-order valence-corrected chi connectivity index (χ3v) is 5.92. The molecule has 8 heteroatoms. The molecule has 0 spiro atoms. The predicted molar refractivity (Wildman–Crippen MR) is 94.6 cm³/mol. The molecule has 2 aliphatic rings. The van der Waals surface area contributed by atoms with Gasteiger partial charge in [-0.25, -0.2) is 8.78 Å². The molecule has 1 amide bonds. The fourth-order valence-corrected chi connectivity index (χ4v) is 4.27. The van der Waals surface area contributed by atoms with E-state index < -0.39 is 17.9 Å². The molecule has 1 aliphatic carbocycles. The SMILES string of the molecule is COCC(=O)N1CCC(C(F)(F)C(O)c2c3c(cc4cn[nH]c24)CC3)CC1. The van der Waals surface area contributed by atoms with E-state index in [4.69, 9.17) is 4.74 Å². The zero-order chi connectivity index (χ0) is 19.2. The van der Waals surface area contributed by atoms with Gasteiger partial charge in [0.15, 0.2) is 0 Å². The maximum absolute atomic E-state index is 15.2. The monoisotopic (exact) mass is 379 g/mol. The number of aromatic amines is 1. The number of hydrogen-bond donors (Lipinski definition) is 2. The Bertz CT molecular complexity index is 859. The van der Waals surface area contributed by atoms with Gasteiger partial charge in [-0.05, 0) is 42.9 Å². The van der Waals surface area contributed by atoms with E-state index in [1.807, 2.05) is 6.07 Å². The highest BCUT2D eigenvalue weighted by molar-refractivity contribution is 5.85. The summed E-state index contributed by atoms with van der Waals surface area (Å²) in [6, 6.07) is 1.95. The third-order valence-electron chi connectivity index (χ3n) is 5.92. The van der Waals surface area contributed by atoms with Crippen molar-refractivity contribution in [1.82, 2.24) is 15.1 Å². The number of aryl methyl sites for hydroxylation is 1. The van der Waals surface area contributed by atoms with E-state index in [1.54, 1.807) is 11.1 Å². The molecule has 1 saturated heterocycles. The van der Waals surface area contributed by atoms with E-state index in [1.165, 1.54) is 7.11 Å². The number of hydrogen-bond acceptors (Lipinski definition) is 4. The first-order valence-electron chi connectivity index (χ1n) is 9.23. The minimum absolute atomic E-state index is 0.0440. The van der Waals surface area contributed by atoms with Crippen molar-refractivity contribution >= 4 is 16.8 Å². The van der Waals surface area contributed by atoms with E-state index in [0.29, 0.717) is 11.9 Å². The van der Waals surface area contributed by atoms with Crippen molar-refractivity contribution in [2.75, 3.05) is 26.8 Å². The Morgan fingerprint density at radius 1 is 1.44 bits per heavy atom. The van der Waals surface area contributed by atoms with Crippen LogP contribution < -0.4 is 0 Å². The third kappa shape index (κ3) is 3.00. The first-order valence-corrected chi connectivity index (χ1v) is 9.23. The van der Waals surface area contributed by atoms with Crippen LogP contribution in [-0.4, -0.2) is 58.8 Å². The van der Waals surface area contributed by atoms with Crippen molar-refractivity contribution in [3.8, 4) is 0 Å². The van der Waals surface area contributed by atoms with Crippen molar-refractivity contribution in [2.24, 2.45) is 5.92 Å². The highest BCUT2D eigenvalue weighted by Gasteiger charge is 2.49. The van der Waals surface area contributed by atoms with Crippen molar-refractivity contribution < 1.29 is 23.4 Å². The van der Waals surface area contributed by atoms with Gasteiger partial charge in [0, 0.05) is 37.1 Å². The number of aliphatic hydroxyl groups excluding tert-OH is 1. The number of rotatable bonds is 5. The number of aliphatic hydroxyl groups is 1. The molecule has 1 aromatic heterocycles. The maximum Gasteiger partial charge on any atom is 0.280 e. The van der Waals surface area contributed by atoms with Crippen LogP contribution in [-0.2, 0) is 22.4 Å². The van der Waals surface area contributed by atoms with Gasteiger partial charge in [0.25, 0.3) is 5.92 Å². The Kier molecular flexibility index (Phi) is 4.63. The van der Waals surface area contributed by atoms with Crippen LogP contribution in [0, 0.1) is 5.92 Å². The lowest BCUT2D eigenvalue weighted by atomic mass is 9.77. The quantitative estimate of drug-likeness (QED) is 0.835. The van der Waals surface area contributed by atoms with Gasteiger partial charge in [-0.2, -0.15) is 5.10 Å². The molecule has 2 heterocycles. The standard InChI is InChI=1S/C19H23F2N3O3/c1-27-10-15(25)24-6-4-13(5-7-24)19(20,21)18(26)16-14-3-2-11(14)8-12-9-22-23-17(12)16/h8-9,13,18,26H,2-7,10H2,1H3,(H,22,23).